The third-order valence-corrected chi connectivity index (χ3v) is 6.99. The van der Waals surface area contributed by atoms with E-state index >= 15 is 0 Å². The first-order valence-electron chi connectivity index (χ1n) is 9.01. The van der Waals surface area contributed by atoms with E-state index in [1.807, 2.05) is 32.0 Å². The summed E-state index contributed by atoms with van der Waals surface area (Å²) in [7, 11) is -0.373. The van der Waals surface area contributed by atoms with Crippen molar-refractivity contribution in [2.45, 2.75) is 44.9 Å². The Hall–Kier alpha value is -1.35. The molecule has 2 aliphatic rings. The summed E-state index contributed by atoms with van der Waals surface area (Å²) in [6.07, 6.45) is 1.43. The van der Waals surface area contributed by atoms with Gasteiger partial charge in [0.15, 0.2) is 11.5 Å². The van der Waals surface area contributed by atoms with Gasteiger partial charge in [-0.2, -0.15) is 17.0 Å². The molecule has 7 nitrogen and oxygen atoms in total. The first-order chi connectivity index (χ1) is 12.4. The smallest absolute Gasteiger partial charge is 0.282 e. The molecule has 26 heavy (non-hydrogen) atoms. The summed E-state index contributed by atoms with van der Waals surface area (Å²) in [5.74, 6) is 1.25. The van der Waals surface area contributed by atoms with E-state index in [9.17, 15) is 8.42 Å². The Morgan fingerprint density at radius 3 is 2.35 bits per heavy atom. The molecule has 0 amide bonds. The SMILES string of the molecule is COc1ccc([C@@H]2CCCN2S(=O)(=O)N2C[C@@H](C)O[C@H](C)C2)cc1OC. The van der Waals surface area contributed by atoms with E-state index in [-0.39, 0.29) is 18.2 Å². The lowest BCUT2D eigenvalue weighted by atomic mass is 10.0. The summed E-state index contributed by atoms with van der Waals surface area (Å²) in [5.41, 5.74) is 0.929. The van der Waals surface area contributed by atoms with Crippen LogP contribution >= 0.6 is 0 Å². The number of hydrogen-bond donors (Lipinski definition) is 0. The van der Waals surface area contributed by atoms with Gasteiger partial charge in [-0.1, -0.05) is 6.07 Å². The lowest BCUT2D eigenvalue weighted by Gasteiger charge is -2.38. The van der Waals surface area contributed by atoms with Crippen LogP contribution in [0, 0.1) is 0 Å². The number of methoxy groups -OCH3 is 2. The molecule has 0 radical (unpaired) electrons. The van der Waals surface area contributed by atoms with Crippen molar-refractivity contribution in [2.24, 2.45) is 0 Å². The molecule has 0 aromatic heterocycles. The van der Waals surface area contributed by atoms with Gasteiger partial charge in [0.05, 0.1) is 32.5 Å². The molecule has 146 valence electrons. The molecular formula is C18H28N2O5S. The summed E-state index contributed by atoms with van der Waals surface area (Å²) in [4.78, 5) is 0. The van der Waals surface area contributed by atoms with Crippen molar-refractivity contribution in [1.29, 1.82) is 0 Å². The van der Waals surface area contributed by atoms with Crippen LogP contribution in [0.3, 0.4) is 0 Å². The Balaban J connectivity index is 1.88. The van der Waals surface area contributed by atoms with Crippen molar-refractivity contribution < 1.29 is 22.6 Å². The van der Waals surface area contributed by atoms with Crippen molar-refractivity contribution in [3.8, 4) is 11.5 Å². The van der Waals surface area contributed by atoms with Gasteiger partial charge >= 0.3 is 0 Å². The third kappa shape index (κ3) is 3.69. The maximum atomic E-state index is 13.3. The molecule has 0 bridgehead atoms. The number of nitrogens with zero attached hydrogens (tertiary/aromatic N) is 2. The van der Waals surface area contributed by atoms with Crippen molar-refractivity contribution in [1.82, 2.24) is 8.61 Å². The van der Waals surface area contributed by atoms with Crippen molar-refractivity contribution >= 4 is 10.2 Å². The summed E-state index contributed by atoms with van der Waals surface area (Å²) in [6, 6.07) is 5.44. The molecule has 1 aromatic carbocycles. The van der Waals surface area contributed by atoms with Gasteiger partial charge in [-0.05, 0) is 44.4 Å². The molecule has 0 saturated carbocycles. The lowest BCUT2D eigenvalue weighted by Crippen LogP contribution is -2.52. The molecule has 0 aliphatic carbocycles. The Bertz CT molecular complexity index is 729. The quantitative estimate of drug-likeness (QED) is 0.778. The van der Waals surface area contributed by atoms with E-state index in [1.165, 1.54) is 0 Å². The highest BCUT2D eigenvalue weighted by Crippen LogP contribution is 2.39. The Morgan fingerprint density at radius 2 is 1.73 bits per heavy atom. The van der Waals surface area contributed by atoms with E-state index in [2.05, 4.69) is 0 Å². The molecule has 0 spiro atoms. The normalized spacial score (nSPS) is 28.2. The Morgan fingerprint density at radius 1 is 1.08 bits per heavy atom. The van der Waals surface area contributed by atoms with Crippen LogP contribution in [-0.4, -0.2) is 63.1 Å². The first-order valence-corrected chi connectivity index (χ1v) is 10.4. The first kappa shape index (κ1) is 19.4. The van der Waals surface area contributed by atoms with Gasteiger partial charge in [0.1, 0.15) is 0 Å². The standard InChI is InChI=1S/C18H28N2O5S/c1-13-11-19(12-14(2)25-13)26(21,22)20-9-5-6-16(20)15-7-8-17(23-3)18(10-15)24-4/h7-8,10,13-14,16H,5-6,9,11-12H2,1-4H3/t13-,14-,16+/m1/s1. The predicted octanol–water partition coefficient (Wildman–Crippen LogP) is 2.19. The van der Waals surface area contributed by atoms with Crippen LogP contribution < -0.4 is 9.47 Å². The average molecular weight is 384 g/mol. The van der Waals surface area contributed by atoms with E-state index < -0.39 is 10.2 Å². The minimum absolute atomic E-state index is 0.101. The maximum Gasteiger partial charge on any atom is 0.282 e. The summed E-state index contributed by atoms with van der Waals surface area (Å²) in [6.45, 7) is 5.13. The third-order valence-electron chi connectivity index (χ3n) is 5.00. The Kier molecular flexibility index (Phi) is 5.76. The minimum Gasteiger partial charge on any atom is -0.493 e. The van der Waals surface area contributed by atoms with Crippen LogP contribution in [0.5, 0.6) is 11.5 Å². The van der Waals surface area contributed by atoms with Crippen LogP contribution in [0.1, 0.15) is 38.3 Å². The number of hydrogen-bond acceptors (Lipinski definition) is 5. The fourth-order valence-electron chi connectivity index (χ4n) is 3.88. The van der Waals surface area contributed by atoms with E-state index in [1.54, 1.807) is 22.8 Å². The molecule has 3 rings (SSSR count). The Labute approximate surface area is 156 Å². The second-order valence-corrected chi connectivity index (χ2v) is 8.85. The van der Waals surface area contributed by atoms with Crippen molar-refractivity contribution in [3.05, 3.63) is 23.8 Å². The van der Waals surface area contributed by atoms with Crippen LogP contribution in [0.4, 0.5) is 0 Å². The topological polar surface area (TPSA) is 68.3 Å². The molecular weight excluding hydrogens is 356 g/mol. The zero-order chi connectivity index (χ0) is 18.9. The van der Waals surface area contributed by atoms with Crippen molar-refractivity contribution in [2.75, 3.05) is 33.9 Å². The predicted molar refractivity (Wildman–Crippen MR) is 98.7 cm³/mol. The van der Waals surface area contributed by atoms with Gasteiger partial charge in [0.25, 0.3) is 10.2 Å². The molecule has 0 unspecified atom stereocenters. The summed E-state index contributed by atoms with van der Waals surface area (Å²) >= 11 is 0. The maximum absolute atomic E-state index is 13.3. The minimum atomic E-state index is -3.55. The second kappa shape index (κ2) is 7.72. The molecule has 2 aliphatic heterocycles. The zero-order valence-corrected chi connectivity index (χ0v) is 16.7. The highest BCUT2D eigenvalue weighted by atomic mass is 32.2. The van der Waals surface area contributed by atoms with Gasteiger partial charge in [-0.15, -0.1) is 0 Å². The molecule has 2 saturated heterocycles. The fourth-order valence-corrected chi connectivity index (χ4v) is 5.88. The van der Waals surface area contributed by atoms with Crippen molar-refractivity contribution in [3.63, 3.8) is 0 Å². The highest BCUT2D eigenvalue weighted by molar-refractivity contribution is 7.86. The molecule has 8 heteroatoms. The van der Waals surface area contributed by atoms with E-state index in [0.29, 0.717) is 31.1 Å². The van der Waals surface area contributed by atoms with E-state index in [4.69, 9.17) is 14.2 Å². The number of ether oxygens (including phenoxy) is 3. The van der Waals surface area contributed by atoms with Crippen LogP contribution in [0.15, 0.2) is 18.2 Å². The van der Waals surface area contributed by atoms with E-state index in [0.717, 1.165) is 18.4 Å². The summed E-state index contributed by atoms with van der Waals surface area (Å²) in [5, 5.41) is 0. The molecule has 0 N–H and O–H groups in total. The number of benzene rings is 1. The number of morpholine rings is 1. The van der Waals surface area contributed by atoms with Crippen LogP contribution in [0.2, 0.25) is 0 Å². The summed E-state index contributed by atoms with van der Waals surface area (Å²) < 4.78 is 46.1. The van der Waals surface area contributed by atoms with Crippen LogP contribution in [-0.2, 0) is 14.9 Å². The van der Waals surface area contributed by atoms with Gasteiger partial charge < -0.3 is 14.2 Å². The monoisotopic (exact) mass is 384 g/mol. The van der Waals surface area contributed by atoms with Gasteiger partial charge in [0.2, 0.25) is 0 Å². The zero-order valence-electron chi connectivity index (χ0n) is 15.8. The molecule has 1 aromatic rings. The lowest BCUT2D eigenvalue weighted by molar-refractivity contribution is -0.0455. The number of rotatable bonds is 5. The van der Waals surface area contributed by atoms with Crippen LogP contribution in [0.25, 0.3) is 0 Å². The highest BCUT2D eigenvalue weighted by Gasteiger charge is 2.41. The van der Waals surface area contributed by atoms with Gasteiger partial charge in [-0.3, -0.25) is 0 Å². The van der Waals surface area contributed by atoms with Gasteiger partial charge in [-0.25, -0.2) is 0 Å². The molecule has 3 atom stereocenters. The van der Waals surface area contributed by atoms with Gasteiger partial charge in [0, 0.05) is 19.6 Å². The second-order valence-electron chi connectivity index (χ2n) is 6.97. The molecule has 2 fully saturated rings. The fraction of sp³-hybridized carbons (Fsp3) is 0.667. The average Bonchev–Trinajstić information content (AvgIpc) is 3.10. The largest absolute Gasteiger partial charge is 0.493 e. The molecule has 2 heterocycles.